The first-order valence-corrected chi connectivity index (χ1v) is 13.9. The summed E-state index contributed by atoms with van der Waals surface area (Å²) in [5.41, 5.74) is 1.41. The lowest BCUT2D eigenvalue weighted by Crippen LogP contribution is -2.13. The molecule has 5 rings (SSSR count). The molecule has 6 heteroatoms. The molecule has 0 bridgehead atoms. The molecule has 0 aliphatic heterocycles. The molecule has 0 saturated carbocycles. The Labute approximate surface area is 229 Å². The molecule has 1 unspecified atom stereocenters. The van der Waals surface area contributed by atoms with Crippen molar-refractivity contribution < 1.29 is 14.6 Å². The molecular formula is C33H35N3O3. The van der Waals surface area contributed by atoms with E-state index in [1.165, 1.54) is 0 Å². The standard InChI is InChI=1S/C33H35N3O3/c1-4-7-12-22(5-2)21-39-33-35-31(28-18-17-25(38-6-3)20-29(28)37)34-32(36-33)30-26-15-10-8-13-23(26)19-24-14-9-11-16-27(24)30/h8-11,13-20,22,37H,4-7,12,21H2,1-3H3. The Hall–Kier alpha value is -4.19. The molecule has 0 fully saturated rings. The van der Waals surface area contributed by atoms with E-state index in [9.17, 15) is 5.11 Å². The minimum atomic E-state index is 0.0428. The number of aromatic nitrogens is 3. The van der Waals surface area contributed by atoms with E-state index in [0.717, 1.165) is 52.8 Å². The molecule has 0 aliphatic carbocycles. The summed E-state index contributed by atoms with van der Waals surface area (Å²) < 4.78 is 11.8. The summed E-state index contributed by atoms with van der Waals surface area (Å²) in [6, 6.07) is 24.1. The van der Waals surface area contributed by atoms with Crippen LogP contribution in [0.1, 0.15) is 46.5 Å². The molecule has 1 heterocycles. The topological polar surface area (TPSA) is 77.4 Å². The van der Waals surface area contributed by atoms with Crippen molar-refractivity contribution in [3.63, 3.8) is 0 Å². The minimum absolute atomic E-state index is 0.0428. The lowest BCUT2D eigenvalue weighted by atomic mass is 9.96. The summed E-state index contributed by atoms with van der Waals surface area (Å²) in [6.07, 6.45) is 4.45. The number of hydrogen-bond donors (Lipinski definition) is 1. The van der Waals surface area contributed by atoms with E-state index in [4.69, 9.17) is 19.4 Å². The fourth-order valence-corrected chi connectivity index (χ4v) is 4.96. The fourth-order valence-electron chi connectivity index (χ4n) is 4.96. The molecule has 0 saturated heterocycles. The normalized spacial score (nSPS) is 12.1. The number of ether oxygens (including phenoxy) is 2. The molecule has 0 spiro atoms. The molecule has 0 aliphatic rings. The van der Waals surface area contributed by atoms with Crippen molar-refractivity contribution in [1.29, 1.82) is 0 Å². The zero-order valence-corrected chi connectivity index (χ0v) is 22.9. The Kier molecular flexibility index (Phi) is 8.21. The van der Waals surface area contributed by atoms with E-state index >= 15 is 0 Å². The molecule has 5 aromatic rings. The number of phenolic OH excluding ortho intramolecular Hbond substituents is 1. The van der Waals surface area contributed by atoms with Gasteiger partial charge in [-0.3, -0.25) is 0 Å². The lowest BCUT2D eigenvalue weighted by molar-refractivity contribution is 0.217. The molecule has 4 aromatic carbocycles. The van der Waals surface area contributed by atoms with Crippen LogP contribution in [0.3, 0.4) is 0 Å². The van der Waals surface area contributed by atoms with Crippen LogP contribution in [-0.2, 0) is 0 Å². The van der Waals surface area contributed by atoms with Gasteiger partial charge < -0.3 is 14.6 Å². The molecule has 1 N–H and O–H groups in total. The van der Waals surface area contributed by atoms with Gasteiger partial charge in [-0.05, 0) is 59.0 Å². The fraction of sp³-hybridized carbons (Fsp3) is 0.303. The van der Waals surface area contributed by atoms with Gasteiger partial charge in [-0.15, -0.1) is 0 Å². The first-order valence-electron chi connectivity index (χ1n) is 13.9. The molecule has 1 atom stereocenters. The van der Waals surface area contributed by atoms with E-state index in [2.05, 4.69) is 49.2 Å². The largest absolute Gasteiger partial charge is 0.507 e. The second-order valence-corrected chi connectivity index (χ2v) is 9.80. The maximum atomic E-state index is 10.9. The van der Waals surface area contributed by atoms with Gasteiger partial charge in [0, 0.05) is 11.6 Å². The molecule has 1 aromatic heterocycles. The van der Waals surface area contributed by atoms with Crippen LogP contribution in [0.4, 0.5) is 0 Å². The van der Waals surface area contributed by atoms with Crippen LogP contribution in [-0.4, -0.2) is 33.3 Å². The zero-order chi connectivity index (χ0) is 27.2. The van der Waals surface area contributed by atoms with Crippen LogP contribution >= 0.6 is 0 Å². The quantitative estimate of drug-likeness (QED) is 0.176. The average Bonchev–Trinajstić information content (AvgIpc) is 2.96. The third-order valence-corrected chi connectivity index (χ3v) is 7.12. The van der Waals surface area contributed by atoms with Crippen molar-refractivity contribution in [2.24, 2.45) is 5.92 Å². The van der Waals surface area contributed by atoms with Crippen molar-refractivity contribution in [2.45, 2.75) is 46.5 Å². The Morgan fingerprint density at radius 2 is 1.46 bits per heavy atom. The Balaban J connectivity index is 1.67. The predicted molar refractivity (Wildman–Crippen MR) is 157 cm³/mol. The second-order valence-electron chi connectivity index (χ2n) is 9.80. The maximum absolute atomic E-state index is 10.9. The van der Waals surface area contributed by atoms with Crippen molar-refractivity contribution in [2.75, 3.05) is 13.2 Å². The van der Waals surface area contributed by atoms with E-state index in [1.807, 2.05) is 37.3 Å². The highest BCUT2D eigenvalue weighted by atomic mass is 16.5. The number of aromatic hydroxyl groups is 1. The summed E-state index contributed by atoms with van der Waals surface area (Å²) in [5.74, 6) is 1.92. The third-order valence-electron chi connectivity index (χ3n) is 7.12. The highest BCUT2D eigenvalue weighted by Gasteiger charge is 2.19. The summed E-state index contributed by atoms with van der Waals surface area (Å²) >= 11 is 0. The molecule has 39 heavy (non-hydrogen) atoms. The van der Waals surface area contributed by atoms with Gasteiger partial charge in [-0.2, -0.15) is 9.97 Å². The minimum Gasteiger partial charge on any atom is -0.507 e. The van der Waals surface area contributed by atoms with E-state index < -0.39 is 0 Å². The molecule has 200 valence electrons. The number of benzene rings is 4. The Bertz CT molecular complexity index is 1530. The number of fused-ring (bicyclic) bond motifs is 2. The molecule has 0 amide bonds. The van der Waals surface area contributed by atoms with Gasteiger partial charge in [0.1, 0.15) is 11.5 Å². The van der Waals surface area contributed by atoms with E-state index in [0.29, 0.717) is 42.1 Å². The number of nitrogens with zero attached hydrogens (tertiary/aromatic N) is 3. The predicted octanol–water partition coefficient (Wildman–Crippen LogP) is 8.21. The van der Waals surface area contributed by atoms with E-state index in [-0.39, 0.29) is 11.8 Å². The number of hydrogen-bond acceptors (Lipinski definition) is 6. The number of phenols is 1. The molecule has 6 nitrogen and oxygen atoms in total. The van der Waals surface area contributed by atoms with Crippen LogP contribution < -0.4 is 9.47 Å². The summed E-state index contributed by atoms with van der Waals surface area (Å²) in [6.45, 7) is 7.35. The van der Waals surface area contributed by atoms with Gasteiger partial charge in [0.25, 0.3) is 0 Å². The molecular weight excluding hydrogens is 486 g/mol. The lowest BCUT2D eigenvalue weighted by Gasteiger charge is -2.16. The highest BCUT2D eigenvalue weighted by molar-refractivity contribution is 6.11. The Morgan fingerprint density at radius 1 is 0.769 bits per heavy atom. The van der Waals surface area contributed by atoms with Crippen molar-refractivity contribution in [1.82, 2.24) is 15.0 Å². The van der Waals surface area contributed by atoms with Gasteiger partial charge in [0.15, 0.2) is 11.6 Å². The number of rotatable bonds is 11. The van der Waals surface area contributed by atoms with Crippen LogP contribution in [0.25, 0.3) is 44.3 Å². The van der Waals surface area contributed by atoms with Gasteiger partial charge in [-0.1, -0.05) is 81.6 Å². The second kappa shape index (κ2) is 12.1. The van der Waals surface area contributed by atoms with Gasteiger partial charge in [0.2, 0.25) is 0 Å². The van der Waals surface area contributed by atoms with Crippen molar-refractivity contribution in [3.05, 3.63) is 72.8 Å². The van der Waals surface area contributed by atoms with Crippen molar-refractivity contribution in [3.8, 4) is 40.3 Å². The zero-order valence-electron chi connectivity index (χ0n) is 22.9. The maximum Gasteiger partial charge on any atom is 0.320 e. The van der Waals surface area contributed by atoms with Gasteiger partial charge >= 0.3 is 6.01 Å². The van der Waals surface area contributed by atoms with Crippen LogP contribution in [0.5, 0.6) is 17.5 Å². The molecule has 0 radical (unpaired) electrons. The van der Waals surface area contributed by atoms with Gasteiger partial charge in [-0.25, -0.2) is 4.98 Å². The Morgan fingerprint density at radius 3 is 2.10 bits per heavy atom. The average molecular weight is 522 g/mol. The third kappa shape index (κ3) is 5.80. The highest BCUT2D eigenvalue weighted by Crippen LogP contribution is 2.37. The summed E-state index contributed by atoms with van der Waals surface area (Å²) in [4.78, 5) is 14.4. The number of unbranched alkanes of at least 4 members (excludes halogenated alkanes) is 1. The van der Waals surface area contributed by atoms with Crippen LogP contribution in [0.15, 0.2) is 72.8 Å². The van der Waals surface area contributed by atoms with Crippen LogP contribution in [0, 0.1) is 5.92 Å². The van der Waals surface area contributed by atoms with Crippen molar-refractivity contribution >= 4 is 21.5 Å². The first-order chi connectivity index (χ1) is 19.1. The SMILES string of the molecule is CCCCC(CC)COc1nc(-c2ccc(OCC)cc2O)nc(-c2c3ccccc3cc3ccccc23)n1. The smallest absolute Gasteiger partial charge is 0.320 e. The van der Waals surface area contributed by atoms with Gasteiger partial charge in [0.05, 0.1) is 18.8 Å². The van der Waals surface area contributed by atoms with Crippen LogP contribution in [0.2, 0.25) is 0 Å². The monoisotopic (exact) mass is 521 g/mol. The first kappa shape index (κ1) is 26.4. The summed E-state index contributed by atoms with van der Waals surface area (Å²) in [7, 11) is 0. The van der Waals surface area contributed by atoms with E-state index in [1.54, 1.807) is 12.1 Å². The summed E-state index contributed by atoms with van der Waals surface area (Å²) in [5, 5.41) is 15.2.